The molecule has 4 rings (SSSR count). The largest absolute Gasteiger partial charge is 0.483 e. The van der Waals surface area contributed by atoms with Crippen molar-refractivity contribution in [1.29, 1.82) is 0 Å². The van der Waals surface area contributed by atoms with Crippen molar-refractivity contribution in [2.45, 2.75) is 0 Å². The maximum absolute atomic E-state index is 12.8. The van der Waals surface area contributed by atoms with E-state index in [0.29, 0.717) is 26.8 Å². The number of hydrogen-bond donors (Lipinski definition) is 2. The van der Waals surface area contributed by atoms with Gasteiger partial charge in [0.25, 0.3) is 17.7 Å². The van der Waals surface area contributed by atoms with E-state index in [1.54, 1.807) is 60.0 Å². The minimum absolute atomic E-state index is 0.197. The molecule has 3 amide bonds. The molecule has 2 N–H and O–H groups in total. The number of para-hydroxylation sites is 2. The van der Waals surface area contributed by atoms with E-state index in [4.69, 9.17) is 17.0 Å². The first kappa shape index (κ1) is 22.7. The molecule has 1 aliphatic rings. The van der Waals surface area contributed by atoms with E-state index in [9.17, 15) is 14.4 Å². The minimum atomic E-state index is -0.438. The van der Waals surface area contributed by atoms with Crippen LogP contribution in [-0.4, -0.2) is 33.7 Å². The Morgan fingerprint density at radius 3 is 2.55 bits per heavy atom. The Morgan fingerprint density at radius 2 is 1.79 bits per heavy atom. The minimum Gasteiger partial charge on any atom is -0.483 e. The summed E-state index contributed by atoms with van der Waals surface area (Å²) in [5.41, 5.74) is 3.82. The zero-order valence-corrected chi connectivity index (χ0v) is 19.5. The molecule has 1 aliphatic heterocycles. The summed E-state index contributed by atoms with van der Waals surface area (Å²) in [6.45, 7) is -0.197. The molecule has 1 aromatic heterocycles. The molecule has 33 heavy (non-hydrogen) atoms. The first-order chi connectivity index (χ1) is 16.0. The van der Waals surface area contributed by atoms with Crippen molar-refractivity contribution in [2.24, 2.45) is 0 Å². The molecule has 1 fully saturated rings. The number of nitrogens with one attached hydrogen (secondary N) is 2. The van der Waals surface area contributed by atoms with Gasteiger partial charge in [-0.25, -0.2) is 0 Å². The van der Waals surface area contributed by atoms with Crippen LogP contribution in [0.5, 0.6) is 5.75 Å². The van der Waals surface area contributed by atoms with Crippen molar-refractivity contribution in [2.75, 3.05) is 11.9 Å². The Morgan fingerprint density at radius 1 is 1.03 bits per heavy atom. The molecular weight excluding hydrogens is 478 g/mol. The van der Waals surface area contributed by atoms with Crippen LogP contribution in [-0.2, 0) is 9.59 Å². The summed E-state index contributed by atoms with van der Waals surface area (Å²) in [6.07, 6.45) is 1.63. The zero-order chi connectivity index (χ0) is 23.2. The molecule has 0 bridgehead atoms. The summed E-state index contributed by atoms with van der Waals surface area (Å²) >= 11 is 7.61. The van der Waals surface area contributed by atoms with Gasteiger partial charge in [-0.2, -0.15) is 5.01 Å². The average molecular weight is 496 g/mol. The third-order valence-electron chi connectivity index (χ3n) is 4.37. The van der Waals surface area contributed by atoms with Crippen LogP contribution in [0, 0.1) is 0 Å². The molecule has 0 atom stereocenters. The normalized spacial score (nSPS) is 14.4. The maximum Gasteiger partial charge on any atom is 0.285 e. The summed E-state index contributed by atoms with van der Waals surface area (Å²) in [5.74, 6) is -0.713. The van der Waals surface area contributed by atoms with E-state index < -0.39 is 11.8 Å². The van der Waals surface area contributed by atoms with Crippen LogP contribution in [0.25, 0.3) is 6.08 Å². The summed E-state index contributed by atoms with van der Waals surface area (Å²) < 4.78 is 5.91. The maximum atomic E-state index is 12.8. The van der Waals surface area contributed by atoms with E-state index >= 15 is 0 Å². The van der Waals surface area contributed by atoms with Gasteiger partial charge < -0.3 is 10.1 Å². The number of hydrogen-bond acceptors (Lipinski definition) is 7. The van der Waals surface area contributed by atoms with Crippen LogP contribution in [0.4, 0.5) is 5.69 Å². The van der Waals surface area contributed by atoms with E-state index in [0.717, 1.165) is 16.8 Å². The van der Waals surface area contributed by atoms with Gasteiger partial charge in [0.2, 0.25) is 0 Å². The Balaban J connectivity index is 1.43. The molecule has 0 spiro atoms. The lowest BCUT2D eigenvalue weighted by Crippen LogP contribution is -2.44. The van der Waals surface area contributed by atoms with Crippen molar-refractivity contribution >= 4 is 69.1 Å². The topological polar surface area (TPSA) is 87.7 Å². The summed E-state index contributed by atoms with van der Waals surface area (Å²) in [4.78, 5) is 38.2. The van der Waals surface area contributed by atoms with Crippen LogP contribution in [0.1, 0.15) is 15.2 Å². The molecule has 0 aliphatic carbocycles. The number of carbonyl (C=O) groups excluding carboxylic acids is 3. The van der Waals surface area contributed by atoms with E-state index in [2.05, 4.69) is 10.7 Å². The average Bonchev–Trinajstić information content (AvgIpc) is 3.44. The van der Waals surface area contributed by atoms with Crippen LogP contribution in [0.15, 0.2) is 77.0 Å². The van der Waals surface area contributed by atoms with Crippen molar-refractivity contribution in [3.05, 3.63) is 87.5 Å². The second-order valence-corrected chi connectivity index (χ2v) is 9.30. The number of thiophene rings is 1. The number of ether oxygens (including phenoxy) is 1. The fourth-order valence-corrected chi connectivity index (χ4v) is 4.65. The number of thiocarbonyl (C=S) groups is 1. The highest BCUT2D eigenvalue weighted by molar-refractivity contribution is 8.26. The fourth-order valence-electron chi connectivity index (χ4n) is 2.86. The predicted molar refractivity (Wildman–Crippen MR) is 134 cm³/mol. The zero-order valence-electron chi connectivity index (χ0n) is 17.0. The number of amides is 3. The molecule has 0 unspecified atom stereocenters. The van der Waals surface area contributed by atoms with Gasteiger partial charge in [0.1, 0.15) is 5.75 Å². The van der Waals surface area contributed by atoms with Crippen LogP contribution in [0.3, 0.4) is 0 Å². The first-order valence-electron chi connectivity index (χ1n) is 9.70. The molecule has 166 valence electrons. The summed E-state index contributed by atoms with van der Waals surface area (Å²) in [7, 11) is 0. The highest BCUT2D eigenvalue weighted by Crippen LogP contribution is 2.33. The number of carbonyl (C=O) groups is 3. The van der Waals surface area contributed by atoms with Crippen molar-refractivity contribution in [3.8, 4) is 5.75 Å². The molecule has 0 saturated carbocycles. The number of thioether (sulfide) groups is 1. The standard InChI is InChI=1S/C23H17N3O4S3/c27-20(24-16-8-2-1-3-9-16)14-30-17-10-5-4-7-15(17)13-19-22(29)26(23(31)33-19)25-21(28)18-11-6-12-32-18/h1-13H,14H2,(H,24,27)(H,25,28)/b19-13+. The number of anilines is 1. The summed E-state index contributed by atoms with van der Waals surface area (Å²) in [6, 6.07) is 19.5. The highest BCUT2D eigenvalue weighted by atomic mass is 32.2. The van der Waals surface area contributed by atoms with Gasteiger partial charge in [-0.3, -0.25) is 19.8 Å². The third-order valence-corrected chi connectivity index (χ3v) is 6.54. The Kier molecular flexibility index (Phi) is 7.18. The molecule has 7 nitrogen and oxygen atoms in total. The number of rotatable bonds is 7. The van der Waals surface area contributed by atoms with Gasteiger partial charge in [-0.1, -0.05) is 54.2 Å². The van der Waals surface area contributed by atoms with Crippen molar-refractivity contribution in [3.63, 3.8) is 0 Å². The summed E-state index contributed by atoms with van der Waals surface area (Å²) in [5, 5.41) is 5.59. The molecule has 2 heterocycles. The fraction of sp³-hybridized carbons (Fsp3) is 0.0435. The second kappa shape index (κ2) is 10.4. The van der Waals surface area contributed by atoms with Crippen LogP contribution < -0.4 is 15.5 Å². The van der Waals surface area contributed by atoms with Gasteiger partial charge in [0, 0.05) is 11.3 Å². The lowest BCUT2D eigenvalue weighted by atomic mass is 10.2. The first-order valence-corrected chi connectivity index (χ1v) is 11.8. The Labute approximate surface area is 203 Å². The number of hydrazine groups is 1. The predicted octanol–water partition coefficient (Wildman–Crippen LogP) is 4.31. The SMILES string of the molecule is O=C(COc1ccccc1/C=C1/SC(=S)N(NC(=O)c2cccs2)C1=O)Nc1ccccc1. The number of nitrogens with zero attached hydrogens (tertiary/aromatic N) is 1. The molecule has 1 saturated heterocycles. The van der Waals surface area contributed by atoms with Gasteiger partial charge >= 0.3 is 0 Å². The lowest BCUT2D eigenvalue weighted by Gasteiger charge is -2.14. The van der Waals surface area contributed by atoms with Gasteiger partial charge in [0.05, 0.1) is 9.78 Å². The number of benzene rings is 2. The molecular formula is C23H17N3O4S3. The van der Waals surface area contributed by atoms with Gasteiger partial charge in [-0.05, 0) is 47.9 Å². The molecule has 0 radical (unpaired) electrons. The van der Waals surface area contributed by atoms with Gasteiger partial charge in [-0.15, -0.1) is 11.3 Å². The molecule has 3 aromatic rings. The smallest absolute Gasteiger partial charge is 0.285 e. The Bertz CT molecular complexity index is 1230. The van der Waals surface area contributed by atoms with Crippen molar-refractivity contribution in [1.82, 2.24) is 10.4 Å². The highest BCUT2D eigenvalue weighted by Gasteiger charge is 2.34. The lowest BCUT2D eigenvalue weighted by molar-refractivity contribution is -0.123. The van der Waals surface area contributed by atoms with Crippen molar-refractivity contribution < 1.29 is 19.1 Å². The van der Waals surface area contributed by atoms with E-state index in [-0.39, 0.29) is 16.8 Å². The molecule has 10 heteroatoms. The quantitative estimate of drug-likeness (QED) is 0.375. The van der Waals surface area contributed by atoms with Gasteiger partial charge in [0.15, 0.2) is 10.9 Å². The van der Waals surface area contributed by atoms with Crippen LogP contribution in [0.2, 0.25) is 0 Å². The van der Waals surface area contributed by atoms with E-state index in [1.165, 1.54) is 11.3 Å². The Hall–Kier alpha value is -3.47. The molecule has 2 aromatic carbocycles. The van der Waals surface area contributed by atoms with Crippen LogP contribution >= 0.6 is 35.3 Å². The van der Waals surface area contributed by atoms with E-state index in [1.807, 2.05) is 18.2 Å². The second-order valence-electron chi connectivity index (χ2n) is 6.68. The third kappa shape index (κ3) is 5.67. The monoisotopic (exact) mass is 495 g/mol.